The highest BCUT2D eigenvalue weighted by atomic mass is 35.5. The van der Waals surface area contributed by atoms with Gasteiger partial charge in [0.1, 0.15) is 11.5 Å². The second-order valence-electron chi connectivity index (χ2n) is 6.56. The molecule has 4 nitrogen and oxygen atoms in total. The summed E-state index contributed by atoms with van der Waals surface area (Å²) >= 11 is 7.85. The summed E-state index contributed by atoms with van der Waals surface area (Å²) in [5.41, 5.74) is 3.59. The molecule has 0 saturated carbocycles. The van der Waals surface area contributed by atoms with Crippen molar-refractivity contribution in [3.05, 3.63) is 82.4 Å². The number of nitrogens with zero attached hydrogens (tertiary/aromatic N) is 1. The number of hydrogen-bond acceptors (Lipinski definition) is 5. The maximum Gasteiger partial charge on any atom is 0.143 e. The molecule has 142 valence electrons. The third-order valence-electron chi connectivity index (χ3n) is 4.63. The first-order valence-corrected chi connectivity index (χ1v) is 10.1. The van der Waals surface area contributed by atoms with E-state index in [-0.39, 0.29) is 28.4 Å². The van der Waals surface area contributed by atoms with Crippen molar-refractivity contribution in [2.75, 3.05) is 0 Å². The van der Waals surface area contributed by atoms with E-state index in [0.29, 0.717) is 23.3 Å². The Morgan fingerprint density at radius 3 is 2.64 bits per heavy atom. The van der Waals surface area contributed by atoms with Gasteiger partial charge in [0.25, 0.3) is 0 Å². The predicted octanol–water partition coefficient (Wildman–Crippen LogP) is 5.60. The summed E-state index contributed by atoms with van der Waals surface area (Å²) in [6.45, 7) is -0.179. The Morgan fingerprint density at radius 1 is 1.04 bits per heavy atom. The Hall–Kier alpha value is -2.47. The first-order chi connectivity index (χ1) is 13.5. The summed E-state index contributed by atoms with van der Waals surface area (Å²) in [4.78, 5) is 5.84. The highest BCUT2D eigenvalue weighted by Crippen LogP contribution is 2.47. The zero-order chi connectivity index (χ0) is 19.7. The van der Waals surface area contributed by atoms with Gasteiger partial charge in [-0.3, -0.25) is 4.99 Å². The fourth-order valence-corrected chi connectivity index (χ4v) is 4.72. The Morgan fingerprint density at radius 2 is 1.86 bits per heavy atom. The van der Waals surface area contributed by atoms with Crippen molar-refractivity contribution >= 4 is 34.8 Å². The first kappa shape index (κ1) is 18.9. The largest absolute Gasteiger partial charge is 0.508 e. The molecule has 1 atom stereocenters. The number of fused-ring (bicyclic) bond motifs is 1. The van der Waals surface area contributed by atoms with Gasteiger partial charge in [-0.2, -0.15) is 0 Å². The smallest absolute Gasteiger partial charge is 0.143 e. The number of para-hydroxylation sites is 1. The van der Waals surface area contributed by atoms with Crippen LogP contribution in [0.4, 0.5) is 5.69 Å². The lowest BCUT2D eigenvalue weighted by Crippen LogP contribution is -2.07. The average molecular weight is 412 g/mol. The third kappa shape index (κ3) is 3.74. The molecule has 6 heteroatoms. The quantitative estimate of drug-likeness (QED) is 0.524. The van der Waals surface area contributed by atoms with E-state index in [0.717, 1.165) is 16.1 Å². The predicted molar refractivity (Wildman–Crippen MR) is 113 cm³/mol. The topological polar surface area (TPSA) is 73.0 Å². The second kappa shape index (κ2) is 7.87. The minimum atomic E-state index is -0.179. The molecule has 0 radical (unpaired) electrons. The Kier molecular flexibility index (Phi) is 5.31. The molecule has 1 aliphatic rings. The van der Waals surface area contributed by atoms with Gasteiger partial charge >= 0.3 is 0 Å². The van der Waals surface area contributed by atoms with E-state index >= 15 is 0 Å². The Bertz CT molecular complexity index is 1070. The van der Waals surface area contributed by atoms with Gasteiger partial charge in [0.05, 0.1) is 23.0 Å². The number of aliphatic hydroxyl groups excluding tert-OH is 1. The molecule has 4 rings (SSSR count). The first-order valence-electron chi connectivity index (χ1n) is 8.80. The second-order valence-corrected chi connectivity index (χ2v) is 8.22. The average Bonchev–Trinajstić information content (AvgIpc) is 2.89. The van der Waals surface area contributed by atoms with E-state index in [2.05, 4.69) is 0 Å². The molecule has 3 aromatic rings. The zero-order valence-corrected chi connectivity index (χ0v) is 16.4. The monoisotopic (exact) mass is 411 g/mol. The highest BCUT2D eigenvalue weighted by Gasteiger charge is 2.25. The summed E-state index contributed by atoms with van der Waals surface area (Å²) in [6.07, 6.45) is 0.529. The van der Waals surface area contributed by atoms with Crippen LogP contribution >= 0.6 is 23.4 Å². The van der Waals surface area contributed by atoms with Gasteiger partial charge in [0.15, 0.2) is 0 Å². The lowest BCUT2D eigenvalue weighted by Gasteiger charge is -2.17. The number of aliphatic hydroxyl groups is 1. The lowest BCUT2D eigenvalue weighted by molar-refractivity contribution is 0.281. The van der Waals surface area contributed by atoms with Crippen molar-refractivity contribution in [3.8, 4) is 11.5 Å². The summed E-state index contributed by atoms with van der Waals surface area (Å²) in [5.74, 6) is 0.166. The van der Waals surface area contributed by atoms with Crippen LogP contribution in [0.2, 0.25) is 5.02 Å². The number of phenols is 2. The molecule has 1 heterocycles. The van der Waals surface area contributed by atoms with Crippen LogP contribution in [0.25, 0.3) is 0 Å². The van der Waals surface area contributed by atoms with Crippen molar-refractivity contribution in [3.63, 3.8) is 0 Å². The number of rotatable bonds is 3. The summed E-state index contributed by atoms with van der Waals surface area (Å²) in [5, 5.41) is 30.2. The molecular weight excluding hydrogens is 394 g/mol. The van der Waals surface area contributed by atoms with Crippen molar-refractivity contribution in [1.82, 2.24) is 0 Å². The Balaban J connectivity index is 1.86. The fourth-order valence-electron chi connectivity index (χ4n) is 3.26. The molecule has 0 aromatic heterocycles. The van der Waals surface area contributed by atoms with E-state index in [1.165, 1.54) is 0 Å². The molecule has 0 fully saturated rings. The standard InChI is InChI=1S/C22H18ClNO3S/c23-17-9-13(12-25)8-16(22(17)27)19-11-21(14-4-3-5-15(26)10-14)28-20-7-2-1-6-18(20)24-19/h1-10,21,25-27H,11-12H2. The fraction of sp³-hybridized carbons (Fsp3) is 0.136. The van der Waals surface area contributed by atoms with Crippen molar-refractivity contribution in [2.45, 2.75) is 23.2 Å². The Labute approximate surface area is 172 Å². The van der Waals surface area contributed by atoms with E-state index in [1.807, 2.05) is 36.4 Å². The van der Waals surface area contributed by atoms with Crippen LogP contribution in [-0.2, 0) is 6.61 Å². The molecule has 0 bridgehead atoms. The van der Waals surface area contributed by atoms with Crippen LogP contribution in [0.15, 0.2) is 70.6 Å². The summed E-state index contributed by atoms with van der Waals surface area (Å²) < 4.78 is 0. The van der Waals surface area contributed by atoms with Crippen molar-refractivity contribution < 1.29 is 15.3 Å². The zero-order valence-electron chi connectivity index (χ0n) is 14.8. The lowest BCUT2D eigenvalue weighted by atomic mass is 9.98. The summed E-state index contributed by atoms with van der Waals surface area (Å²) in [7, 11) is 0. The number of thioether (sulfide) groups is 1. The number of aliphatic imine (C=N–C) groups is 1. The highest BCUT2D eigenvalue weighted by molar-refractivity contribution is 7.99. The maximum absolute atomic E-state index is 10.6. The molecule has 0 spiro atoms. The number of hydrogen-bond donors (Lipinski definition) is 3. The van der Waals surface area contributed by atoms with Crippen LogP contribution < -0.4 is 0 Å². The van der Waals surface area contributed by atoms with E-state index in [9.17, 15) is 15.3 Å². The molecule has 0 aliphatic carbocycles. The number of phenolic OH excluding ortho intramolecular Hbond substituents is 2. The van der Waals surface area contributed by atoms with E-state index in [1.54, 1.807) is 36.0 Å². The molecular formula is C22H18ClNO3S. The molecule has 0 saturated heterocycles. The van der Waals surface area contributed by atoms with Crippen LogP contribution in [0, 0.1) is 0 Å². The molecule has 1 unspecified atom stereocenters. The van der Waals surface area contributed by atoms with Gasteiger partial charge in [-0.1, -0.05) is 35.9 Å². The van der Waals surface area contributed by atoms with Gasteiger partial charge in [0, 0.05) is 22.1 Å². The number of halogens is 1. The van der Waals surface area contributed by atoms with Crippen molar-refractivity contribution in [1.29, 1.82) is 0 Å². The minimum absolute atomic E-state index is 0.00884. The van der Waals surface area contributed by atoms with E-state index < -0.39 is 0 Å². The number of aromatic hydroxyl groups is 2. The molecule has 0 amide bonds. The van der Waals surface area contributed by atoms with Gasteiger partial charge in [-0.05, 0) is 47.5 Å². The summed E-state index contributed by atoms with van der Waals surface area (Å²) in [6, 6.07) is 18.3. The van der Waals surface area contributed by atoms with Crippen LogP contribution in [0.3, 0.4) is 0 Å². The number of benzene rings is 3. The maximum atomic E-state index is 10.6. The third-order valence-corrected chi connectivity index (χ3v) is 6.24. The van der Waals surface area contributed by atoms with Crippen LogP contribution in [-0.4, -0.2) is 21.0 Å². The van der Waals surface area contributed by atoms with Crippen LogP contribution in [0.5, 0.6) is 11.5 Å². The van der Waals surface area contributed by atoms with Gasteiger partial charge in [0.2, 0.25) is 0 Å². The molecule has 3 aromatic carbocycles. The molecule has 1 aliphatic heterocycles. The minimum Gasteiger partial charge on any atom is -0.508 e. The van der Waals surface area contributed by atoms with Crippen LogP contribution in [0.1, 0.15) is 28.4 Å². The normalized spacial score (nSPS) is 16.2. The molecule has 28 heavy (non-hydrogen) atoms. The van der Waals surface area contributed by atoms with Crippen molar-refractivity contribution in [2.24, 2.45) is 4.99 Å². The van der Waals surface area contributed by atoms with Gasteiger partial charge < -0.3 is 15.3 Å². The SMILES string of the molecule is OCc1cc(Cl)c(O)c(C2=Nc3ccccc3SC(c3cccc(O)c3)C2)c1. The van der Waals surface area contributed by atoms with Gasteiger partial charge in [-0.15, -0.1) is 11.8 Å². The molecule has 3 N–H and O–H groups in total. The van der Waals surface area contributed by atoms with E-state index in [4.69, 9.17) is 16.6 Å². The van der Waals surface area contributed by atoms with Gasteiger partial charge in [-0.25, -0.2) is 0 Å².